The minimum absolute atomic E-state index is 0.0110. The second-order valence-electron chi connectivity index (χ2n) is 6.56. The zero-order valence-corrected chi connectivity index (χ0v) is 15.6. The van der Waals surface area contributed by atoms with Crippen molar-refractivity contribution in [2.75, 3.05) is 6.54 Å². The van der Waals surface area contributed by atoms with Crippen LogP contribution in [0.2, 0.25) is 0 Å². The number of carbonyl (C=O) groups excluding carboxylic acids is 3. The highest BCUT2D eigenvalue weighted by Gasteiger charge is 2.35. The molecular formula is C20H17BrN2O3. The van der Waals surface area contributed by atoms with Gasteiger partial charge < -0.3 is 5.32 Å². The molecule has 4 rings (SSSR count). The highest BCUT2D eigenvalue weighted by Crippen LogP contribution is 2.31. The summed E-state index contributed by atoms with van der Waals surface area (Å²) >= 11 is 3.31. The van der Waals surface area contributed by atoms with Crippen LogP contribution in [0.4, 0.5) is 0 Å². The Kier molecular flexibility index (Phi) is 4.36. The molecule has 0 bridgehead atoms. The fourth-order valence-corrected chi connectivity index (χ4v) is 4.01. The first-order chi connectivity index (χ1) is 12.5. The molecule has 0 radical (unpaired) electrons. The zero-order chi connectivity index (χ0) is 18.3. The molecule has 3 amide bonds. The van der Waals surface area contributed by atoms with Crippen LogP contribution in [0.3, 0.4) is 0 Å². The van der Waals surface area contributed by atoms with E-state index in [1.807, 2.05) is 18.2 Å². The van der Waals surface area contributed by atoms with Crippen LogP contribution in [-0.4, -0.2) is 29.2 Å². The zero-order valence-electron chi connectivity index (χ0n) is 14.0. The summed E-state index contributed by atoms with van der Waals surface area (Å²) in [6.07, 6.45) is 1.94. The van der Waals surface area contributed by atoms with E-state index in [-0.39, 0.29) is 36.7 Å². The molecule has 1 N–H and O–H groups in total. The number of nitrogens with one attached hydrogen (secondary N) is 1. The molecule has 0 saturated heterocycles. The van der Waals surface area contributed by atoms with Crippen LogP contribution in [0, 0.1) is 0 Å². The number of nitrogens with zero attached hydrogens (tertiary/aromatic N) is 1. The number of hydrogen-bond acceptors (Lipinski definition) is 3. The van der Waals surface area contributed by atoms with Crippen molar-refractivity contribution in [1.82, 2.24) is 10.2 Å². The van der Waals surface area contributed by atoms with Crippen LogP contribution < -0.4 is 5.32 Å². The second-order valence-corrected chi connectivity index (χ2v) is 7.48. The van der Waals surface area contributed by atoms with Crippen molar-refractivity contribution in [3.63, 3.8) is 0 Å². The number of imide groups is 1. The monoisotopic (exact) mass is 412 g/mol. The van der Waals surface area contributed by atoms with E-state index in [1.54, 1.807) is 18.2 Å². The molecule has 132 valence electrons. The van der Waals surface area contributed by atoms with Gasteiger partial charge in [0.15, 0.2) is 0 Å². The lowest BCUT2D eigenvalue weighted by Gasteiger charge is -2.16. The molecule has 0 unspecified atom stereocenters. The van der Waals surface area contributed by atoms with Crippen LogP contribution in [0.25, 0.3) is 0 Å². The van der Waals surface area contributed by atoms with E-state index >= 15 is 0 Å². The first-order valence-corrected chi connectivity index (χ1v) is 9.37. The van der Waals surface area contributed by atoms with Gasteiger partial charge in [0, 0.05) is 17.4 Å². The number of fused-ring (bicyclic) bond motifs is 2. The summed E-state index contributed by atoms with van der Waals surface area (Å²) in [6, 6.07) is 13.1. The van der Waals surface area contributed by atoms with Gasteiger partial charge in [-0.1, -0.05) is 40.2 Å². The van der Waals surface area contributed by atoms with Gasteiger partial charge in [0.25, 0.3) is 11.8 Å². The summed E-state index contributed by atoms with van der Waals surface area (Å²) in [4.78, 5) is 38.3. The number of hydrogen-bond donors (Lipinski definition) is 1. The van der Waals surface area contributed by atoms with E-state index < -0.39 is 0 Å². The first kappa shape index (κ1) is 17.0. The lowest BCUT2D eigenvalue weighted by Crippen LogP contribution is -2.35. The standard InChI is InChI=1S/C20H17BrN2O3/c21-13-6-7-15-16(11-13)20(26)23(19(15)25)10-9-18(24)22-17-8-5-12-3-1-2-4-14(12)17/h1-4,6-7,11,17H,5,8-10H2,(H,22,24)/t17-/m0/s1. The van der Waals surface area contributed by atoms with E-state index in [4.69, 9.17) is 0 Å². The fourth-order valence-electron chi connectivity index (χ4n) is 3.65. The first-order valence-electron chi connectivity index (χ1n) is 8.57. The normalized spacial score (nSPS) is 18.0. The molecule has 5 nitrogen and oxygen atoms in total. The molecule has 2 aromatic rings. The Morgan fingerprint density at radius 3 is 2.73 bits per heavy atom. The number of benzene rings is 2. The largest absolute Gasteiger partial charge is 0.349 e. The molecule has 2 aromatic carbocycles. The Labute approximate surface area is 159 Å². The van der Waals surface area contributed by atoms with Crippen LogP contribution >= 0.6 is 15.9 Å². The smallest absolute Gasteiger partial charge is 0.261 e. The maximum atomic E-state index is 12.4. The van der Waals surface area contributed by atoms with Crippen molar-refractivity contribution in [2.45, 2.75) is 25.3 Å². The molecule has 26 heavy (non-hydrogen) atoms. The molecule has 0 aromatic heterocycles. The van der Waals surface area contributed by atoms with Gasteiger partial charge in [-0.15, -0.1) is 0 Å². The quantitative estimate of drug-likeness (QED) is 0.783. The number of halogens is 1. The third-order valence-electron chi connectivity index (χ3n) is 4.96. The van der Waals surface area contributed by atoms with E-state index in [0.717, 1.165) is 27.8 Å². The summed E-state index contributed by atoms with van der Waals surface area (Å²) in [5.74, 6) is -0.828. The number of carbonyl (C=O) groups is 3. The molecule has 1 atom stereocenters. The van der Waals surface area contributed by atoms with Crippen molar-refractivity contribution >= 4 is 33.7 Å². The SMILES string of the molecule is O=C(CCN1C(=O)c2ccc(Br)cc2C1=O)N[C@H]1CCc2ccccc21. The summed E-state index contributed by atoms with van der Waals surface area (Å²) in [5, 5.41) is 3.02. The van der Waals surface area contributed by atoms with Gasteiger partial charge in [0.05, 0.1) is 17.2 Å². The summed E-state index contributed by atoms with van der Waals surface area (Å²) in [6.45, 7) is 0.0875. The van der Waals surface area contributed by atoms with Crippen molar-refractivity contribution in [3.8, 4) is 0 Å². The van der Waals surface area contributed by atoms with E-state index in [9.17, 15) is 14.4 Å². The highest BCUT2D eigenvalue weighted by atomic mass is 79.9. The van der Waals surface area contributed by atoms with Gasteiger partial charge in [-0.25, -0.2) is 0 Å². The Morgan fingerprint density at radius 2 is 1.88 bits per heavy atom. The van der Waals surface area contributed by atoms with E-state index in [1.165, 1.54) is 5.56 Å². The molecule has 1 aliphatic carbocycles. The molecule has 2 aliphatic rings. The highest BCUT2D eigenvalue weighted by molar-refractivity contribution is 9.10. The molecule has 0 saturated carbocycles. The van der Waals surface area contributed by atoms with Gasteiger partial charge >= 0.3 is 0 Å². The maximum absolute atomic E-state index is 12.4. The molecule has 1 aliphatic heterocycles. The van der Waals surface area contributed by atoms with Crippen molar-refractivity contribution in [1.29, 1.82) is 0 Å². The Hall–Kier alpha value is -2.47. The maximum Gasteiger partial charge on any atom is 0.261 e. The number of amides is 3. The Balaban J connectivity index is 1.39. The predicted molar refractivity (Wildman–Crippen MR) is 99.8 cm³/mol. The van der Waals surface area contributed by atoms with Crippen LogP contribution in [0.1, 0.15) is 50.7 Å². The van der Waals surface area contributed by atoms with Gasteiger partial charge in [-0.3, -0.25) is 19.3 Å². The average molecular weight is 413 g/mol. The number of rotatable bonds is 4. The molecule has 0 spiro atoms. The fraction of sp³-hybridized carbons (Fsp3) is 0.250. The number of aryl methyl sites for hydroxylation is 1. The molecule has 1 heterocycles. The third kappa shape index (κ3) is 2.94. The van der Waals surface area contributed by atoms with Gasteiger partial charge in [0.2, 0.25) is 5.91 Å². The van der Waals surface area contributed by atoms with Gasteiger partial charge in [0.1, 0.15) is 0 Å². The minimum atomic E-state index is -0.342. The third-order valence-corrected chi connectivity index (χ3v) is 5.46. The average Bonchev–Trinajstić information content (AvgIpc) is 3.13. The molecule has 6 heteroatoms. The van der Waals surface area contributed by atoms with E-state index in [2.05, 4.69) is 27.3 Å². The van der Waals surface area contributed by atoms with Crippen LogP contribution in [0.15, 0.2) is 46.9 Å². The summed E-state index contributed by atoms with van der Waals surface area (Å²) < 4.78 is 0.747. The lowest BCUT2D eigenvalue weighted by atomic mass is 10.1. The summed E-state index contributed by atoms with van der Waals surface area (Å²) in [5.41, 5.74) is 3.20. The molecular weight excluding hydrogens is 396 g/mol. The summed E-state index contributed by atoms with van der Waals surface area (Å²) in [7, 11) is 0. The van der Waals surface area contributed by atoms with Crippen LogP contribution in [-0.2, 0) is 11.2 Å². The van der Waals surface area contributed by atoms with Crippen molar-refractivity contribution in [2.24, 2.45) is 0 Å². The topological polar surface area (TPSA) is 66.5 Å². The lowest BCUT2D eigenvalue weighted by molar-refractivity contribution is -0.121. The Morgan fingerprint density at radius 1 is 1.12 bits per heavy atom. The second kappa shape index (κ2) is 6.68. The molecule has 0 fully saturated rings. The Bertz CT molecular complexity index is 925. The van der Waals surface area contributed by atoms with Gasteiger partial charge in [-0.05, 0) is 42.2 Å². The van der Waals surface area contributed by atoms with E-state index in [0.29, 0.717) is 11.1 Å². The van der Waals surface area contributed by atoms with Crippen LogP contribution in [0.5, 0.6) is 0 Å². The van der Waals surface area contributed by atoms with Gasteiger partial charge in [-0.2, -0.15) is 0 Å². The van der Waals surface area contributed by atoms with Crippen molar-refractivity contribution < 1.29 is 14.4 Å². The van der Waals surface area contributed by atoms with Crippen molar-refractivity contribution in [3.05, 3.63) is 69.2 Å². The predicted octanol–water partition coefficient (Wildman–Crippen LogP) is 3.24. The minimum Gasteiger partial charge on any atom is -0.349 e.